The van der Waals surface area contributed by atoms with Gasteiger partial charge in [-0.25, -0.2) is 4.79 Å². The van der Waals surface area contributed by atoms with Gasteiger partial charge in [0.05, 0.1) is 13.2 Å². The summed E-state index contributed by atoms with van der Waals surface area (Å²) in [5.74, 6) is -0.268. The molecule has 0 aromatic heterocycles. The van der Waals surface area contributed by atoms with Crippen molar-refractivity contribution < 1.29 is 28.7 Å². The van der Waals surface area contributed by atoms with E-state index in [0.717, 1.165) is 11.3 Å². The molecule has 0 saturated carbocycles. The monoisotopic (exact) mass is 452 g/mol. The van der Waals surface area contributed by atoms with Crippen molar-refractivity contribution in [3.63, 3.8) is 0 Å². The Morgan fingerprint density at radius 3 is 2.45 bits per heavy atom. The first-order valence-corrected chi connectivity index (χ1v) is 10.5. The lowest BCUT2D eigenvalue weighted by Gasteiger charge is -2.23. The average molecular weight is 452 g/mol. The zero-order valence-corrected chi connectivity index (χ0v) is 18.3. The van der Waals surface area contributed by atoms with Crippen LogP contribution in [0.1, 0.15) is 25.8 Å². The number of carbonyl (C=O) groups is 4. The number of fused-ring (bicyclic) bond motifs is 1. The number of imide groups is 1. The van der Waals surface area contributed by atoms with Crippen molar-refractivity contribution in [3.05, 3.63) is 48.0 Å². The molecule has 1 unspecified atom stereocenters. The number of amides is 5. The second-order valence-electron chi connectivity index (χ2n) is 7.97. The molecule has 0 aliphatic carbocycles. The number of nitrogens with zero attached hydrogens (tertiary/aromatic N) is 1. The van der Waals surface area contributed by atoms with Crippen molar-refractivity contribution in [2.24, 2.45) is 0 Å². The van der Waals surface area contributed by atoms with Crippen LogP contribution in [0.5, 0.6) is 11.5 Å². The number of benzene rings is 2. The van der Waals surface area contributed by atoms with Gasteiger partial charge in [-0.05, 0) is 42.8 Å². The van der Waals surface area contributed by atoms with E-state index in [1.54, 1.807) is 49.4 Å². The van der Waals surface area contributed by atoms with E-state index in [1.807, 2.05) is 0 Å². The maximum atomic E-state index is 13.2. The lowest BCUT2D eigenvalue weighted by atomic mass is 9.91. The van der Waals surface area contributed by atoms with E-state index in [0.29, 0.717) is 41.7 Å². The predicted octanol–water partition coefficient (Wildman–Crippen LogP) is 2.21. The smallest absolute Gasteiger partial charge is 0.325 e. The Balaban J connectivity index is 1.47. The summed E-state index contributed by atoms with van der Waals surface area (Å²) in [7, 11) is 0. The predicted molar refractivity (Wildman–Crippen MR) is 119 cm³/mol. The number of anilines is 2. The molecule has 0 bridgehead atoms. The van der Waals surface area contributed by atoms with Crippen LogP contribution >= 0.6 is 0 Å². The first-order chi connectivity index (χ1) is 15.8. The maximum Gasteiger partial charge on any atom is 0.325 e. The lowest BCUT2D eigenvalue weighted by molar-refractivity contribution is -0.133. The molecule has 0 spiro atoms. The fourth-order valence-corrected chi connectivity index (χ4v) is 3.73. The van der Waals surface area contributed by atoms with Gasteiger partial charge >= 0.3 is 6.03 Å². The van der Waals surface area contributed by atoms with Crippen LogP contribution in [0.3, 0.4) is 0 Å². The van der Waals surface area contributed by atoms with Gasteiger partial charge in [0, 0.05) is 24.7 Å². The quantitative estimate of drug-likeness (QED) is 0.597. The first-order valence-electron chi connectivity index (χ1n) is 10.5. The SMILES string of the molecule is CC(=O)Nc1cccc(NC(=O)CN2C(=O)NC(C)(c3ccc4c(c3)OCCCO4)C2=O)c1. The van der Waals surface area contributed by atoms with Gasteiger partial charge in [0.25, 0.3) is 5.91 Å². The van der Waals surface area contributed by atoms with Crippen molar-refractivity contribution in [2.75, 3.05) is 30.4 Å². The Hall–Kier alpha value is -4.08. The summed E-state index contributed by atoms with van der Waals surface area (Å²) in [5, 5.41) is 7.94. The highest BCUT2D eigenvalue weighted by Crippen LogP contribution is 2.36. The number of nitrogens with one attached hydrogen (secondary N) is 3. The topological polar surface area (TPSA) is 126 Å². The molecule has 2 aromatic rings. The number of rotatable bonds is 5. The van der Waals surface area contributed by atoms with Gasteiger partial charge in [-0.1, -0.05) is 12.1 Å². The molecule has 0 radical (unpaired) electrons. The van der Waals surface area contributed by atoms with Crippen molar-refractivity contribution in [1.29, 1.82) is 0 Å². The molecule has 3 N–H and O–H groups in total. The van der Waals surface area contributed by atoms with Gasteiger partial charge in [0.15, 0.2) is 11.5 Å². The molecule has 5 amide bonds. The summed E-state index contributed by atoms with van der Waals surface area (Å²) in [5.41, 5.74) is 0.102. The van der Waals surface area contributed by atoms with Crippen molar-refractivity contribution in [2.45, 2.75) is 25.8 Å². The second kappa shape index (κ2) is 8.81. The van der Waals surface area contributed by atoms with E-state index in [1.165, 1.54) is 6.92 Å². The molecular formula is C23H24N4O6. The number of ether oxygens (including phenoxy) is 2. The summed E-state index contributed by atoms with van der Waals surface area (Å²) in [6.07, 6.45) is 0.744. The molecule has 1 fully saturated rings. The van der Waals surface area contributed by atoms with Gasteiger partial charge in [-0.15, -0.1) is 0 Å². The van der Waals surface area contributed by atoms with Crippen molar-refractivity contribution >= 4 is 35.1 Å². The van der Waals surface area contributed by atoms with E-state index in [4.69, 9.17) is 9.47 Å². The van der Waals surface area contributed by atoms with Crippen LogP contribution in [0, 0.1) is 0 Å². The molecule has 1 saturated heterocycles. The zero-order valence-electron chi connectivity index (χ0n) is 18.3. The summed E-state index contributed by atoms with van der Waals surface area (Å²) in [4.78, 5) is 50.4. The molecule has 2 aliphatic rings. The minimum Gasteiger partial charge on any atom is -0.490 e. The van der Waals surface area contributed by atoms with E-state index < -0.39 is 29.9 Å². The van der Waals surface area contributed by atoms with Crippen LogP contribution < -0.4 is 25.4 Å². The Labute approximate surface area is 190 Å². The van der Waals surface area contributed by atoms with Crippen LogP contribution in [0.2, 0.25) is 0 Å². The molecule has 2 heterocycles. The van der Waals surface area contributed by atoms with Gasteiger partial charge in [-0.2, -0.15) is 0 Å². The molecule has 4 rings (SSSR count). The van der Waals surface area contributed by atoms with Crippen molar-refractivity contribution in [1.82, 2.24) is 10.2 Å². The standard InChI is InChI=1S/C23H24N4O6/c1-14(28)24-16-5-3-6-17(12-16)25-20(29)13-27-21(30)23(2,26-22(27)31)15-7-8-18-19(11-15)33-10-4-9-32-18/h3,5-8,11-12H,4,9-10,13H2,1-2H3,(H,24,28)(H,25,29)(H,26,31). The maximum absolute atomic E-state index is 13.2. The van der Waals surface area contributed by atoms with Crippen LogP contribution in [0.15, 0.2) is 42.5 Å². The summed E-state index contributed by atoms with van der Waals surface area (Å²) < 4.78 is 11.3. The largest absolute Gasteiger partial charge is 0.490 e. The molecule has 172 valence electrons. The molecule has 33 heavy (non-hydrogen) atoms. The van der Waals surface area contributed by atoms with Crippen LogP contribution in [0.25, 0.3) is 0 Å². The number of hydrogen-bond donors (Lipinski definition) is 3. The Morgan fingerprint density at radius 2 is 1.73 bits per heavy atom. The minimum absolute atomic E-state index is 0.244. The van der Waals surface area contributed by atoms with Gasteiger partial charge < -0.3 is 25.4 Å². The first kappa shape index (κ1) is 22.1. The fourth-order valence-electron chi connectivity index (χ4n) is 3.73. The second-order valence-corrected chi connectivity index (χ2v) is 7.97. The van der Waals surface area contributed by atoms with Crippen LogP contribution in [0.4, 0.5) is 16.2 Å². The molecular weight excluding hydrogens is 428 g/mol. The van der Waals surface area contributed by atoms with Gasteiger partial charge in [0.2, 0.25) is 11.8 Å². The van der Waals surface area contributed by atoms with Crippen molar-refractivity contribution in [3.8, 4) is 11.5 Å². The highest BCUT2D eigenvalue weighted by Gasteiger charge is 2.49. The van der Waals surface area contributed by atoms with E-state index in [2.05, 4.69) is 16.0 Å². The Morgan fingerprint density at radius 1 is 1.03 bits per heavy atom. The summed E-state index contributed by atoms with van der Waals surface area (Å²) in [6, 6.07) is 11.0. The number of hydrogen-bond acceptors (Lipinski definition) is 6. The number of carbonyl (C=O) groups excluding carboxylic acids is 4. The molecule has 10 heteroatoms. The molecule has 1 atom stereocenters. The molecule has 2 aromatic carbocycles. The van der Waals surface area contributed by atoms with E-state index in [9.17, 15) is 19.2 Å². The third-order valence-electron chi connectivity index (χ3n) is 5.37. The molecule has 10 nitrogen and oxygen atoms in total. The normalized spacial score (nSPS) is 19.5. The minimum atomic E-state index is -1.35. The zero-order chi connectivity index (χ0) is 23.6. The Bertz CT molecular complexity index is 1130. The Kier molecular flexibility index (Phi) is 5.91. The highest BCUT2D eigenvalue weighted by atomic mass is 16.5. The average Bonchev–Trinajstić information content (AvgIpc) is 2.92. The van der Waals surface area contributed by atoms with E-state index in [-0.39, 0.29) is 5.91 Å². The van der Waals surface area contributed by atoms with Gasteiger partial charge in [0.1, 0.15) is 12.1 Å². The van der Waals surface area contributed by atoms with Crippen LogP contribution in [-0.4, -0.2) is 48.4 Å². The fraction of sp³-hybridized carbons (Fsp3) is 0.304. The summed E-state index contributed by atoms with van der Waals surface area (Å²) >= 11 is 0. The summed E-state index contributed by atoms with van der Waals surface area (Å²) in [6.45, 7) is 3.53. The molecule has 2 aliphatic heterocycles. The number of urea groups is 1. The van der Waals surface area contributed by atoms with Crippen LogP contribution in [-0.2, 0) is 19.9 Å². The third-order valence-corrected chi connectivity index (χ3v) is 5.37. The van der Waals surface area contributed by atoms with E-state index >= 15 is 0 Å². The highest BCUT2D eigenvalue weighted by molar-refractivity contribution is 6.10. The third kappa shape index (κ3) is 4.59. The van der Waals surface area contributed by atoms with Gasteiger partial charge in [-0.3, -0.25) is 19.3 Å². The lowest BCUT2D eigenvalue weighted by Crippen LogP contribution is -2.42.